The lowest BCUT2D eigenvalue weighted by Gasteiger charge is -2.33. The Hall–Kier alpha value is -2.20. The van der Waals surface area contributed by atoms with Crippen LogP contribution in [-0.2, 0) is 6.54 Å². The van der Waals surface area contributed by atoms with Crippen LogP contribution in [0.2, 0.25) is 0 Å². The van der Waals surface area contributed by atoms with Crippen LogP contribution < -0.4 is 0 Å². The zero-order chi connectivity index (χ0) is 17.4. The predicted octanol–water partition coefficient (Wildman–Crippen LogP) is 4.03. The van der Waals surface area contributed by atoms with Gasteiger partial charge in [0.1, 0.15) is 0 Å². The number of fused-ring (bicyclic) bond motifs is 1. The number of rotatable bonds is 3. The van der Waals surface area contributed by atoms with E-state index in [4.69, 9.17) is 4.98 Å². The third-order valence-electron chi connectivity index (χ3n) is 5.38. The fourth-order valence-corrected chi connectivity index (χ4v) is 4.17. The van der Waals surface area contributed by atoms with Crippen LogP contribution in [0, 0.1) is 20.8 Å². The average molecular weight is 334 g/mol. The Kier molecular flexibility index (Phi) is 4.30. The second-order valence-electron chi connectivity index (χ2n) is 7.37. The monoisotopic (exact) mass is 334 g/mol. The molecule has 3 aromatic rings. The first-order chi connectivity index (χ1) is 12.1. The Morgan fingerprint density at radius 3 is 2.84 bits per heavy atom. The van der Waals surface area contributed by atoms with Gasteiger partial charge >= 0.3 is 0 Å². The average Bonchev–Trinajstić information content (AvgIpc) is 2.99. The van der Waals surface area contributed by atoms with Crippen molar-refractivity contribution in [2.75, 3.05) is 13.1 Å². The van der Waals surface area contributed by atoms with Crippen LogP contribution in [0.15, 0.2) is 36.5 Å². The van der Waals surface area contributed by atoms with Gasteiger partial charge in [-0.1, -0.05) is 24.3 Å². The lowest BCUT2D eigenvalue weighted by atomic mass is 9.88. The summed E-state index contributed by atoms with van der Waals surface area (Å²) in [5.41, 5.74) is 7.37. The summed E-state index contributed by atoms with van der Waals surface area (Å²) in [5, 5.41) is 4.54. The fraction of sp³-hybridized carbons (Fsp3) is 0.429. The molecule has 1 aliphatic heterocycles. The van der Waals surface area contributed by atoms with E-state index in [0.29, 0.717) is 5.92 Å². The van der Waals surface area contributed by atoms with Crippen molar-refractivity contribution in [3.63, 3.8) is 0 Å². The summed E-state index contributed by atoms with van der Waals surface area (Å²) in [6.07, 6.45) is 4.53. The summed E-state index contributed by atoms with van der Waals surface area (Å²) < 4.78 is 1.96. The number of aromatic nitrogens is 3. The van der Waals surface area contributed by atoms with Crippen LogP contribution >= 0.6 is 0 Å². The van der Waals surface area contributed by atoms with Crippen LogP contribution in [0.1, 0.15) is 46.8 Å². The van der Waals surface area contributed by atoms with E-state index in [2.05, 4.69) is 61.1 Å². The van der Waals surface area contributed by atoms with Gasteiger partial charge < -0.3 is 0 Å². The molecule has 4 rings (SSSR count). The molecule has 4 heteroatoms. The molecule has 1 atom stereocenters. The van der Waals surface area contributed by atoms with Crippen molar-refractivity contribution >= 4 is 5.65 Å². The minimum absolute atomic E-state index is 0.633. The van der Waals surface area contributed by atoms with Crippen LogP contribution in [0.4, 0.5) is 0 Å². The molecule has 3 heterocycles. The van der Waals surface area contributed by atoms with E-state index in [9.17, 15) is 0 Å². The van der Waals surface area contributed by atoms with Crippen LogP contribution in [0.5, 0.6) is 0 Å². The number of piperidine rings is 1. The summed E-state index contributed by atoms with van der Waals surface area (Å²) in [6.45, 7) is 9.58. The molecule has 0 N–H and O–H groups in total. The van der Waals surface area contributed by atoms with Gasteiger partial charge in [-0.05, 0) is 63.3 Å². The van der Waals surface area contributed by atoms with E-state index in [1.54, 1.807) is 0 Å². The highest BCUT2D eigenvalue weighted by atomic mass is 15.3. The van der Waals surface area contributed by atoms with Crippen molar-refractivity contribution in [1.29, 1.82) is 0 Å². The van der Waals surface area contributed by atoms with Crippen LogP contribution in [-0.4, -0.2) is 32.6 Å². The zero-order valence-corrected chi connectivity index (χ0v) is 15.4. The van der Waals surface area contributed by atoms with E-state index >= 15 is 0 Å². The van der Waals surface area contributed by atoms with E-state index in [0.717, 1.165) is 36.7 Å². The normalized spacial score (nSPS) is 18.8. The van der Waals surface area contributed by atoms with Crippen molar-refractivity contribution in [3.05, 3.63) is 64.6 Å². The number of benzene rings is 1. The van der Waals surface area contributed by atoms with E-state index in [1.807, 2.05) is 10.7 Å². The lowest BCUT2D eigenvalue weighted by Crippen LogP contribution is -2.34. The highest BCUT2D eigenvalue weighted by molar-refractivity contribution is 5.48. The maximum Gasteiger partial charge on any atom is 0.159 e. The Labute approximate surface area is 149 Å². The minimum atomic E-state index is 0.633. The number of hydrogen-bond acceptors (Lipinski definition) is 3. The number of likely N-dealkylation sites (tertiary alicyclic amines) is 1. The third kappa shape index (κ3) is 3.19. The van der Waals surface area contributed by atoms with Gasteiger partial charge in [0, 0.05) is 30.0 Å². The van der Waals surface area contributed by atoms with E-state index in [-0.39, 0.29) is 0 Å². The molecule has 0 aliphatic carbocycles. The summed E-state index contributed by atoms with van der Waals surface area (Å²) in [7, 11) is 0. The Morgan fingerprint density at radius 2 is 2.00 bits per heavy atom. The molecule has 0 saturated carbocycles. The summed E-state index contributed by atoms with van der Waals surface area (Å²) >= 11 is 0. The van der Waals surface area contributed by atoms with Crippen molar-refractivity contribution < 1.29 is 0 Å². The lowest BCUT2D eigenvalue weighted by molar-refractivity contribution is 0.200. The van der Waals surface area contributed by atoms with E-state index < -0.39 is 0 Å². The van der Waals surface area contributed by atoms with Gasteiger partial charge in [0.25, 0.3) is 0 Å². The molecule has 1 fully saturated rings. The Bertz CT molecular complexity index is 896. The molecule has 130 valence electrons. The quantitative estimate of drug-likeness (QED) is 0.725. The minimum Gasteiger partial charge on any atom is -0.298 e. The molecular weight excluding hydrogens is 308 g/mol. The number of aryl methyl sites for hydroxylation is 3. The molecule has 2 aromatic heterocycles. The molecule has 1 aliphatic rings. The first-order valence-electron chi connectivity index (χ1n) is 9.20. The highest BCUT2D eigenvalue weighted by Crippen LogP contribution is 2.30. The second kappa shape index (κ2) is 6.60. The highest BCUT2D eigenvalue weighted by Gasteiger charge is 2.23. The van der Waals surface area contributed by atoms with Gasteiger partial charge in [0.15, 0.2) is 5.65 Å². The van der Waals surface area contributed by atoms with Gasteiger partial charge in [-0.2, -0.15) is 5.10 Å². The van der Waals surface area contributed by atoms with Gasteiger partial charge in [-0.3, -0.25) is 4.90 Å². The molecular formula is C21H26N4. The standard InChI is InChI=1S/C21H26N4/c1-15-7-4-5-9-20(15)18-8-6-10-24(13-18)14-19-12-22-25-17(3)11-16(2)23-21(19)25/h4-5,7,9,11-12,18H,6,8,10,13-14H2,1-3H3/t18-/m1/s1. The predicted molar refractivity (Wildman–Crippen MR) is 101 cm³/mol. The molecule has 1 saturated heterocycles. The zero-order valence-electron chi connectivity index (χ0n) is 15.4. The maximum absolute atomic E-state index is 4.73. The van der Waals surface area contributed by atoms with Crippen molar-refractivity contribution in [2.45, 2.75) is 46.1 Å². The van der Waals surface area contributed by atoms with Gasteiger partial charge in [0.05, 0.1) is 6.20 Å². The Morgan fingerprint density at radius 1 is 1.16 bits per heavy atom. The topological polar surface area (TPSA) is 33.4 Å². The molecule has 0 radical (unpaired) electrons. The number of nitrogens with zero attached hydrogens (tertiary/aromatic N) is 4. The fourth-order valence-electron chi connectivity index (χ4n) is 4.17. The van der Waals surface area contributed by atoms with Gasteiger partial charge in [-0.25, -0.2) is 9.50 Å². The van der Waals surface area contributed by atoms with Gasteiger partial charge in [0.2, 0.25) is 0 Å². The molecule has 25 heavy (non-hydrogen) atoms. The second-order valence-corrected chi connectivity index (χ2v) is 7.37. The first-order valence-corrected chi connectivity index (χ1v) is 9.20. The third-order valence-corrected chi connectivity index (χ3v) is 5.38. The smallest absolute Gasteiger partial charge is 0.159 e. The van der Waals surface area contributed by atoms with Crippen molar-refractivity contribution in [3.8, 4) is 0 Å². The summed E-state index contributed by atoms with van der Waals surface area (Å²) in [6, 6.07) is 10.9. The molecule has 0 unspecified atom stereocenters. The SMILES string of the molecule is Cc1cc(C)n2ncc(CN3CCC[C@@H](c4ccccc4C)C3)c2n1. The largest absolute Gasteiger partial charge is 0.298 e. The summed E-state index contributed by atoms with van der Waals surface area (Å²) in [4.78, 5) is 7.29. The summed E-state index contributed by atoms with van der Waals surface area (Å²) in [5.74, 6) is 0.633. The van der Waals surface area contributed by atoms with Crippen molar-refractivity contribution in [1.82, 2.24) is 19.5 Å². The molecule has 0 bridgehead atoms. The maximum atomic E-state index is 4.73. The first kappa shape index (κ1) is 16.3. The van der Waals surface area contributed by atoms with Crippen molar-refractivity contribution in [2.24, 2.45) is 0 Å². The molecule has 0 spiro atoms. The molecule has 0 amide bonds. The van der Waals surface area contributed by atoms with Gasteiger partial charge in [-0.15, -0.1) is 0 Å². The van der Waals surface area contributed by atoms with E-state index in [1.165, 1.54) is 29.5 Å². The Balaban J connectivity index is 1.56. The van der Waals surface area contributed by atoms with Crippen LogP contribution in [0.3, 0.4) is 0 Å². The van der Waals surface area contributed by atoms with Crippen LogP contribution in [0.25, 0.3) is 5.65 Å². The molecule has 1 aromatic carbocycles. The number of hydrogen-bond donors (Lipinski definition) is 0. The molecule has 4 nitrogen and oxygen atoms in total.